The number of aromatic nitrogens is 2. The second-order valence-electron chi connectivity index (χ2n) is 5.15. The van der Waals surface area contributed by atoms with Crippen LogP contribution in [0.2, 0.25) is 0 Å². The molecule has 112 valence electrons. The molecule has 0 saturated carbocycles. The molecule has 1 N–H and O–H groups in total. The number of hydrogen-bond donors (Lipinski definition) is 1. The topological polar surface area (TPSA) is 54.2 Å². The molecule has 1 unspecified atom stereocenters. The minimum atomic E-state index is 0.190. The SMILES string of the molecule is CSc1ccc(-c2nc(C(C)N3CCNCC3)no2)cc1. The van der Waals surface area contributed by atoms with Gasteiger partial charge in [-0.25, -0.2) is 0 Å². The molecular formula is C15H20N4OS. The summed E-state index contributed by atoms with van der Waals surface area (Å²) in [5, 5.41) is 7.51. The van der Waals surface area contributed by atoms with Crippen LogP contribution in [-0.2, 0) is 0 Å². The van der Waals surface area contributed by atoms with Crippen LogP contribution in [0.15, 0.2) is 33.7 Å². The summed E-state index contributed by atoms with van der Waals surface area (Å²) in [7, 11) is 0. The maximum Gasteiger partial charge on any atom is 0.257 e. The molecule has 3 rings (SSSR count). The monoisotopic (exact) mass is 304 g/mol. The average Bonchev–Trinajstić information content (AvgIpc) is 3.05. The number of nitrogens with zero attached hydrogens (tertiary/aromatic N) is 3. The second-order valence-corrected chi connectivity index (χ2v) is 6.03. The Kier molecular flexibility index (Phi) is 4.57. The van der Waals surface area contributed by atoms with Crippen molar-refractivity contribution in [2.75, 3.05) is 32.4 Å². The maximum atomic E-state index is 5.43. The fourth-order valence-corrected chi connectivity index (χ4v) is 2.90. The van der Waals surface area contributed by atoms with Gasteiger partial charge in [0.2, 0.25) is 0 Å². The first-order chi connectivity index (χ1) is 10.3. The van der Waals surface area contributed by atoms with Crippen LogP contribution in [0.3, 0.4) is 0 Å². The minimum Gasteiger partial charge on any atom is -0.334 e. The van der Waals surface area contributed by atoms with E-state index in [4.69, 9.17) is 4.52 Å². The van der Waals surface area contributed by atoms with Crippen LogP contribution in [0, 0.1) is 0 Å². The highest BCUT2D eigenvalue weighted by molar-refractivity contribution is 7.98. The third-order valence-corrected chi connectivity index (χ3v) is 4.60. The van der Waals surface area contributed by atoms with E-state index in [2.05, 4.69) is 45.7 Å². The van der Waals surface area contributed by atoms with Gasteiger partial charge < -0.3 is 9.84 Å². The third kappa shape index (κ3) is 3.28. The predicted molar refractivity (Wildman–Crippen MR) is 84.4 cm³/mol. The molecule has 1 saturated heterocycles. The largest absolute Gasteiger partial charge is 0.334 e. The molecule has 5 nitrogen and oxygen atoms in total. The predicted octanol–water partition coefficient (Wildman–Crippen LogP) is 2.42. The fourth-order valence-electron chi connectivity index (χ4n) is 2.49. The first-order valence-corrected chi connectivity index (χ1v) is 8.43. The van der Waals surface area contributed by atoms with Crippen molar-refractivity contribution in [3.8, 4) is 11.5 Å². The molecule has 0 spiro atoms. The number of thioether (sulfide) groups is 1. The van der Waals surface area contributed by atoms with E-state index in [1.807, 2.05) is 12.1 Å². The lowest BCUT2D eigenvalue weighted by molar-refractivity contribution is 0.176. The first kappa shape index (κ1) is 14.6. The summed E-state index contributed by atoms with van der Waals surface area (Å²) in [6, 6.07) is 8.39. The summed E-state index contributed by atoms with van der Waals surface area (Å²) >= 11 is 1.72. The van der Waals surface area contributed by atoms with Gasteiger partial charge >= 0.3 is 0 Å². The van der Waals surface area contributed by atoms with Gasteiger partial charge in [0.25, 0.3) is 5.89 Å². The van der Waals surface area contributed by atoms with Gasteiger partial charge in [-0.3, -0.25) is 4.90 Å². The summed E-state index contributed by atoms with van der Waals surface area (Å²) in [6.45, 7) is 6.22. The normalized spacial score (nSPS) is 17.8. The van der Waals surface area contributed by atoms with E-state index in [1.165, 1.54) is 4.90 Å². The van der Waals surface area contributed by atoms with E-state index in [1.54, 1.807) is 11.8 Å². The molecule has 1 aromatic heterocycles. The Balaban J connectivity index is 1.75. The Morgan fingerprint density at radius 3 is 2.62 bits per heavy atom. The molecule has 2 aromatic rings. The lowest BCUT2D eigenvalue weighted by atomic mass is 10.2. The van der Waals surface area contributed by atoms with E-state index in [0.717, 1.165) is 37.6 Å². The van der Waals surface area contributed by atoms with Crippen LogP contribution in [0.1, 0.15) is 18.8 Å². The summed E-state index contributed by atoms with van der Waals surface area (Å²) in [4.78, 5) is 8.17. The molecule has 1 atom stereocenters. The van der Waals surface area contributed by atoms with Crippen molar-refractivity contribution in [1.29, 1.82) is 0 Å². The lowest BCUT2D eigenvalue weighted by Gasteiger charge is -2.30. The smallest absolute Gasteiger partial charge is 0.257 e. The number of piperazine rings is 1. The zero-order valence-electron chi connectivity index (χ0n) is 12.4. The molecule has 1 fully saturated rings. The highest BCUT2D eigenvalue weighted by Gasteiger charge is 2.22. The molecule has 2 heterocycles. The van der Waals surface area contributed by atoms with Gasteiger partial charge in [-0.15, -0.1) is 11.8 Å². The van der Waals surface area contributed by atoms with Crippen molar-refractivity contribution in [2.24, 2.45) is 0 Å². The van der Waals surface area contributed by atoms with Crippen molar-refractivity contribution in [3.63, 3.8) is 0 Å². The third-order valence-electron chi connectivity index (χ3n) is 3.85. The van der Waals surface area contributed by atoms with Gasteiger partial charge in [-0.2, -0.15) is 4.98 Å². The summed E-state index contributed by atoms with van der Waals surface area (Å²) in [5.41, 5.74) is 0.971. The molecule has 0 bridgehead atoms. The average molecular weight is 304 g/mol. The molecule has 1 aliphatic heterocycles. The number of hydrogen-bond acceptors (Lipinski definition) is 6. The molecule has 6 heteroatoms. The standard InChI is InChI=1S/C15H20N4OS/c1-11(19-9-7-16-8-10-19)14-17-15(20-18-14)12-3-5-13(21-2)6-4-12/h3-6,11,16H,7-10H2,1-2H3. The summed E-state index contributed by atoms with van der Waals surface area (Å²) in [5.74, 6) is 1.36. The van der Waals surface area contributed by atoms with Crippen molar-refractivity contribution in [2.45, 2.75) is 17.9 Å². The summed E-state index contributed by atoms with van der Waals surface area (Å²) < 4.78 is 5.43. The Hall–Kier alpha value is -1.37. The number of rotatable bonds is 4. The second kappa shape index (κ2) is 6.60. The minimum absolute atomic E-state index is 0.190. The van der Waals surface area contributed by atoms with Crippen LogP contribution in [0.4, 0.5) is 0 Å². The van der Waals surface area contributed by atoms with Crippen molar-refractivity contribution < 1.29 is 4.52 Å². The molecule has 0 radical (unpaired) electrons. The van der Waals surface area contributed by atoms with Crippen molar-refractivity contribution in [3.05, 3.63) is 30.1 Å². The molecular weight excluding hydrogens is 284 g/mol. The van der Waals surface area contributed by atoms with E-state index in [-0.39, 0.29) is 6.04 Å². The lowest BCUT2D eigenvalue weighted by Crippen LogP contribution is -2.44. The van der Waals surface area contributed by atoms with Gasteiger partial charge in [-0.05, 0) is 37.4 Å². The maximum absolute atomic E-state index is 5.43. The molecule has 0 aliphatic carbocycles. The van der Waals surface area contributed by atoms with Gasteiger partial charge in [0.15, 0.2) is 5.82 Å². The van der Waals surface area contributed by atoms with Crippen molar-refractivity contribution in [1.82, 2.24) is 20.4 Å². The number of nitrogens with one attached hydrogen (secondary N) is 1. The van der Waals surface area contributed by atoms with Gasteiger partial charge in [0.05, 0.1) is 6.04 Å². The molecule has 21 heavy (non-hydrogen) atoms. The molecule has 1 aromatic carbocycles. The van der Waals surface area contributed by atoms with E-state index >= 15 is 0 Å². The quantitative estimate of drug-likeness (QED) is 0.876. The molecule has 1 aliphatic rings. The van der Waals surface area contributed by atoms with Gasteiger partial charge in [0, 0.05) is 36.6 Å². The number of benzene rings is 1. The first-order valence-electron chi connectivity index (χ1n) is 7.21. The molecule has 0 amide bonds. The van der Waals surface area contributed by atoms with Crippen LogP contribution in [0.25, 0.3) is 11.5 Å². The van der Waals surface area contributed by atoms with E-state index in [9.17, 15) is 0 Å². The Labute approximate surface area is 129 Å². The van der Waals surface area contributed by atoms with Crippen LogP contribution in [0.5, 0.6) is 0 Å². The van der Waals surface area contributed by atoms with E-state index in [0.29, 0.717) is 5.89 Å². The Morgan fingerprint density at radius 1 is 1.24 bits per heavy atom. The fraction of sp³-hybridized carbons (Fsp3) is 0.467. The van der Waals surface area contributed by atoms with Crippen LogP contribution in [-0.4, -0.2) is 47.5 Å². The highest BCUT2D eigenvalue weighted by atomic mass is 32.2. The zero-order valence-corrected chi connectivity index (χ0v) is 13.2. The van der Waals surface area contributed by atoms with Crippen LogP contribution >= 0.6 is 11.8 Å². The van der Waals surface area contributed by atoms with Gasteiger partial charge in [-0.1, -0.05) is 5.16 Å². The van der Waals surface area contributed by atoms with Gasteiger partial charge in [0.1, 0.15) is 0 Å². The Morgan fingerprint density at radius 2 is 1.95 bits per heavy atom. The highest BCUT2D eigenvalue weighted by Crippen LogP contribution is 2.24. The summed E-state index contributed by atoms with van der Waals surface area (Å²) in [6.07, 6.45) is 2.06. The van der Waals surface area contributed by atoms with Crippen LogP contribution < -0.4 is 5.32 Å². The van der Waals surface area contributed by atoms with E-state index < -0.39 is 0 Å². The Bertz CT molecular complexity index is 578. The zero-order chi connectivity index (χ0) is 14.7. The van der Waals surface area contributed by atoms with Crippen molar-refractivity contribution >= 4 is 11.8 Å².